The third-order valence-corrected chi connectivity index (χ3v) is 14.4. The van der Waals surface area contributed by atoms with Crippen molar-refractivity contribution >= 4 is 40.4 Å². The second-order valence-corrected chi connectivity index (χ2v) is 23.4. The first-order valence-electron chi connectivity index (χ1n) is 24.3. The first kappa shape index (κ1) is 51.3. The molecule has 350 valence electrons. The summed E-state index contributed by atoms with van der Waals surface area (Å²) in [5.41, 5.74) is 11.1. The van der Waals surface area contributed by atoms with E-state index in [0.717, 1.165) is 41.5 Å². The van der Waals surface area contributed by atoms with Crippen LogP contribution in [0.5, 0.6) is 11.5 Å². The molecule has 6 heteroatoms. The molecule has 2 aliphatic carbocycles. The maximum atomic E-state index is 11.2. The molecule has 2 saturated carbocycles. The van der Waals surface area contributed by atoms with E-state index >= 15 is 0 Å². The van der Waals surface area contributed by atoms with Crippen LogP contribution >= 0.6 is 0 Å². The monoisotopic (exact) mass is 930 g/mol. The molecule has 2 aliphatic rings. The van der Waals surface area contributed by atoms with E-state index in [4.69, 9.17) is 9.98 Å². The number of rotatable bonds is 8. The predicted molar refractivity (Wildman–Crippen MR) is 285 cm³/mol. The van der Waals surface area contributed by atoms with Gasteiger partial charge in [0.1, 0.15) is 17.6 Å². The molecule has 6 aromatic carbocycles. The summed E-state index contributed by atoms with van der Waals surface area (Å²) in [7, 11) is 0. The van der Waals surface area contributed by atoms with Crippen LogP contribution in [0.3, 0.4) is 0 Å². The van der Waals surface area contributed by atoms with Gasteiger partial charge in [0, 0.05) is 52.0 Å². The first-order chi connectivity index (χ1) is 31.1. The van der Waals surface area contributed by atoms with Crippen LogP contribution in [0.4, 0.5) is 0 Å². The number of aliphatic imine (C=N–C) groups is 2. The van der Waals surface area contributed by atoms with Crippen molar-refractivity contribution in [2.24, 2.45) is 21.8 Å². The molecule has 0 radical (unpaired) electrons. The molecule has 2 fully saturated rings. The van der Waals surface area contributed by atoms with E-state index in [9.17, 15) is 10.2 Å². The Morgan fingerprint density at radius 3 is 0.940 bits per heavy atom. The van der Waals surface area contributed by atoms with Crippen molar-refractivity contribution in [3.63, 3.8) is 0 Å². The van der Waals surface area contributed by atoms with Crippen molar-refractivity contribution in [1.82, 2.24) is 0 Å². The Labute approximate surface area is 414 Å². The molecule has 0 heterocycles. The molecule has 67 heavy (non-hydrogen) atoms. The van der Waals surface area contributed by atoms with E-state index in [2.05, 4.69) is 229 Å². The van der Waals surface area contributed by atoms with Gasteiger partial charge < -0.3 is 10.2 Å². The topological polar surface area (TPSA) is 65.2 Å². The van der Waals surface area contributed by atoms with Gasteiger partial charge in [0.05, 0.1) is 12.1 Å². The average molecular weight is 930 g/mol. The van der Waals surface area contributed by atoms with Crippen LogP contribution in [0, 0.1) is 11.8 Å². The van der Waals surface area contributed by atoms with Gasteiger partial charge in [-0.2, -0.15) is 21.9 Å². The van der Waals surface area contributed by atoms with E-state index in [1.54, 1.807) is 0 Å². The van der Waals surface area contributed by atoms with Gasteiger partial charge in [-0.25, -0.2) is 0 Å². The molecule has 0 aliphatic heterocycles. The van der Waals surface area contributed by atoms with Gasteiger partial charge in [-0.05, 0) is 76.0 Å². The minimum absolute atomic E-state index is 0. The molecule has 0 unspecified atom stereocenters. The van der Waals surface area contributed by atoms with Crippen molar-refractivity contribution in [3.05, 3.63) is 179 Å². The van der Waals surface area contributed by atoms with Crippen molar-refractivity contribution in [1.29, 1.82) is 0 Å². The molecule has 6 aromatic rings. The Kier molecular flexibility index (Phi) is 15.5. The Hall–Kier alpha value is -5.14. The number of aromatic hydroxyl groups is 2. The largest absolute Gasteiger partial charge is 0.507 e. The van der Waals surface area contributed by atoms with Crippen molar-refractivity contribution in [2.75, 3.05) is 0 Å². The summed E-state index contributed by atoms with van der Waals surface area (Å²) >= 11 is 0. The van der Waals surface area contributed by atoms with Gasteiger partial charge in [0.25, 0.3) is 0 Å². The molecule has 8 rings (SSSR count). The maximum absolute atomic E-state index is 11.2. The Morgan fingerprint density at radius 2 is 0.701 bits per heavy atom. The zero-order chi connectivity index (χ0) is 47.7. The normalized spacial score (nSPS) is 18.7. The summed E-state index contributed by atoms with van der Waals surface area (Å²) in [5, 5.41) is 22.3. The van der Waals surface area contributed by atoms with Gasteiger partial charge in [-0.15, -0.1) is 0 Å². The van der Waals surface area contributed by atoms with Crippen LogP contribution in [0.25, 0.3) is 0 Å². The SMILES string of the molecule is CC(C)(C)c1cc(C=N[C@@H]2C[C@H]3C[C@@H]2C[C@H]3N=Cc2cc(C(C)(C)C)cc(C(C)(C)C)c2O)c(O)c(C(C)(C)C)c1.[Cr].c1ccc([B-](c2ccccc2)(c2ccccc2)c2ccccc2)cc1. The number of hydrogen-bond acceptors (Lipinski definition) is 4. The van der Waals surface area contributed by atoms with Crippen LogP contribution in [-0.2, 0) is 39.0 Å². The smallest absolute Gasteiger partial charge is 0.128 e. The molecule has 4 nitrogen and oxygen atoms in total. The molecule has 2 bridgehead atoms. The maximum Gasteiger partial charge on any atom is 0.128 e. The van der Waals surface area contributed by atoms with E-state index in [1.807, 2.05) is 12.4 Å². The fourth-order valence-corrected chi connectivity index (χ4v) is 10.6. The first-order valence-corrected chi connectivity index (χ1v) is 24.3. The van der Waals surface area contributed by atoms with E-state index in [0.29, 0.717) is 23.3 Å². The summed E-state index contributed by atoms with van der Waals surface area (Å²) in [4.78, 5) is 10.1. The number of nitrogens with zero attached hydrogens (tertiary/aromatic N) is 2. The third-order valence-electron chi connectivity index (χ3n) is 14.4. The number of fused-ring (bicyclic) bond motifs is 2. The Balaban J connectivity index is 0.000000243. The van der Waals surface area contributed by atoms with Gasteiger partial charge in [0.15, 0.2) is 0 Å². The van der Waals surface area contributed by atoms with Crippen molar-refractivity contribution in [2.45, 2.75) is 136 Å². The second kappa shape index (κ2) is 20.2. The standard InChI is InChI=1S/C37H54N2O2.C24H20B.Cr/c1-34(2,3)26-14-24(32(40)28(18-26)36(7,8)9)20-38-30-16-23-13-22(30)17-31(23)39-21-25-15-27(35(4,5)6)19-29(33(25)41)37(10,11)12;1-5-13-21(14-6-1)25(22-15-7-2-8-16-22,23-17-9-3-10-18-23)24-19-11-4-12-20-24;/h14-15,18-23,30-31,40-41H,13,16-17H2,1-12H3;1-20H;/q;-1;/t22-,23-,30-,31-;;/m1../s1. The van der Waals surface area contributed by atoms with Gasteiger partial charge in [-0.1, -0.05) is 217 Å². The molecule has 0 aromatic heterocycles. The van der Waals surface area contributed by atoms with Crippen LogP contribution in [-0.4, -0.2) is 40.9 Å². The number of phenols is 2. The molecule has 2 N–H and O–H groups in total. The van der Waals surface area contributed by atoms with E-state index in [-0.39, 0.29) is 51.1 Å². The van der Waals surface area contributed by atoms with Gasteiger partial charge >= 0.3 is 0 Å². The fraction of sp³-hybridized carbons (Fsp3) is 0.377. The van der Waals surface area contributed by atoms with Crippen LogP contribution in [0.1, 0.15) is 136 Å². The Morgan fingerprint density at radius 1 is 0.418 bits per heavy atom. The summed E-state index contributed by atoms with van der Waals surface area (Å²) in [6, 6.07) is 52.6. The average Bonchev–Trinajstić information content (AvgIpc) is 3.87. The Bertz CT molecular complexity index is 2370. The van der Waals surface area contributed by atoms with Crippen LogP contribution < -0.4 is 21.9 Å². The molecular weight excluding hydrogens is 855 g/mol. The summed E-state index contributed by atoms with van der Waals surface area (Å²) < 4.78 is 0. The molecule has 0 saturated heterocycles. The summed E-state index contributed by atoms with van der Waals surface area (Å²) in [5.74, 6) is 1.72. The van der Waals surface area contributed by atoms with E-state index in [1.165, 1.54) is 33.0 Å². The van der Waals surface area contributed by atoms with Crippen molar-refractivity contribution in [3.8, 4) is 11.5 Å². The second-order valence-electron chi connectivity index (χ2n) is 23.4. The zero-order valence-electron chi connectivity index (χ0n) is 42.2. The molecule has 4 atom stereocenters. The number of hydrogen-bond donors (Lipinski definition) is 2. The minimum atomic E-state index is -1.22. The molecule has 0 amide bonds. The quantitative estimate of drug-likeness (QED) is 0.118. The van der Waals surface area contributed by atoms with Crippen LogP contribution in [0.2, 0.25) is 0 Å². The van der Waals surface area contributed by atoms with Gasteiger partial charge in [0.2, 0.25) is 0 Å². The molecular formula is C61H74BCrN2O2-. The van der Waals surface area contributed by atoms with Crippen molar-refractivity contribution < 1.29 is 27.6 Å². The summed E-state index contributed by atoms with van der Waals surface area (Å²) in [6.07, 6.45) is 5.83. The van der Waals surface area contributed by atoms with Crippen LogP contribution in [0.15, 0.2) is 156 Å². The van der Waals surface area contributed by atoms with E-state index < -0.39 is 6.15 Å². The predicted octanol–water partition coefficient (Wildman–Crippen LogP) is 12.1. The number of benzene rings is 6. The number of phenolic OH excluding ortho intramolecular Hbond substituents is 2. The zero-order valence-corrected chi connectivity index (χ0v) is 43.5. The van der Waals surface area contributed by atoms with Gasteiger partial charge in [-0.3, -0.25) is 9.98 Å². The third kappa shape index (κ3) is 11.3. The fourth-order valence-electron chi connectivity index (χ4n) is 10.6. The molecule has 0 spiro atoms. The minimum Gasteiger partial charge on any atom is -0.507 e. The summed E-state index contributed by atoms with van der Waals surface area (Å²) in [6.45, 7) is 26.2.